The lowest BCUT2D eigenvalue weighted by atomic mass is 9.96. The first-order valence-electron chi connectivity index (χ1n) is 13.4. The summed E-state index contributed by atoms with van der Waals surface area (Å²) in [6, 6.07) is 18.3. The molecule has 2 heterocycles. The van der Waals surface area contributed by atoms with Gasteiger partial charge in [0.1, 0.15) is 23.9 Å². The van der Waals surface area contributed by atoms with E-state index in [9.17, 15) is 9.59 Å². The van der Waals surface area contributed by atoms with E-state index in [4.69, 9.17) is 18.9 Å². The van der Waals surface area contributed by atoms with Gasteiger partial charge in [0, 0.05) is 5.56 Å². The predicted molar refractivity (Wildman–Crippen MR) is 162 cm³/mol. The highest BCUT2D eigenvalue weighted by molar-refractivity contribution is 7.07. The summed E-state index contributed by atoms with van der Waals surface area (Å²) in [6.45, 7) is 6.14. The van der Waals surface area contributed by atoms with Gasteiger partial charge in [-0.1, -0.05) is 41.7 Å². The molecule has 1 aromatic heterocycles. The zero-order chi connectivity index (χ0) is 30.0. The number of methoxy groups -OCH3 is 3. The first kappa shape index (κ1) is 28.9. The Morgan fingerprint density at radius 2 is 1.74 bits per heavy atom. The van der Waals surface area contributed by atoms with Crippen LogP contribution in [0.2, 0.25) is 0 Å². The van der Waals surface area contributed by atoms with E-state index in [1.165, 1.54) is 18.4 Å². The zero-order valence-corrected chi connectivity index (χ0v) is 25.2. The van der Waals surface area contributed by atoms with Crippen molar-refractivity contribution in [2.45, 2.75) is 33.4 Å². The second kappa shape index (κ2) is 12.1. The van der Waals surface area contributed by atoms with E-state index in [-0.39, 0.29) is 5.56 Å². The molecule has 0 radical (unpaired) electrons. The molecule has 0 amide bonds. The highest BCUT2D eigenvalue weighted by Crippen LogP contribution is 2.31. The number of benzene rings is 3. The largest absolute Gasteiger partial charge is 0.497 e. The number of allylic oxidation sites excluding steroid dienone is 1. The average Bonchev–Trinajstić information content (AvgIpc) is 3.30. The maximum atomic E-state index is 13.9. The van der Waals surface area contributed by atoms with Crippen molar-refractivity contribution in [3.8, 4) is 17.2 Å². The number of fused-ring (bicyclic) bond motifs is 1. The van der Waals surface area contributed by atoms with Gasteiger partial charge in [-0.3, -0.25) is 9.36 Å². The Kier molecular flexibility index (Phi) is 8.31. The third-order valence-corrected chi connectivity index (χ3v) is 8.38. The second-order valence-electron chi connectivity index (χ2n) is 9.90. The van der Waals surface area contributed by atoms with Crippen LogP contribution in [0.15, 0.2) is 81.7 Å². The van der Waals surface area contributed by atoms with Crippen molar-refractivity contribution in [1.82, 2.24) is 4.57 Å². The molecule has 9 heteroatoms. The maximum absolute atomic E-state index is 13.9. The summed E-state index contributed by atoms with van der Waals surface area (Å²) in [5.41, 5.74) is 5.21. The highest BCUT2D eigenvalue weighted by Gasteiger charge is 2.33. The number of thiazole rings is 1. The van der Waals surface area contributed by atoms with E-state index >= 15 is 0 Å². The van der Waals surface area contributed by atoms with Crippen molar-refractivity contribution in [2.75, 3.05) is 21.3 Å². The topological polar surface area (TPSA) is 88.4 Å². The number of nitrogens with zero attached hydrogens (tertiary/aromatic N) is 2. The number of aromatic nitrogens is 1. The van der Waals surface area contributed by atoms with Crippen molar-refractivity contribution in [3.63, 3.8) is 0 Å². The Balaban J connectivity index is 1.57. The summed E-state index contributed by atoms with van der Waals surface area (Å²) in [7, 11) is 4.53. The summed E-state index contributed by atoms with van der Waals surface area (Å²) >= 11 is 1.27. The van der Waals surface area contributed by atoms with Gasteiger partial charge in [0.05, 0.1) is 43.2 Å². The van der Waals surface area contributed by atoms with Crippen LogP contribution in [0.4, 0.5) is 0 Å². The molecule has 0 saturated heterocycles. The quantitative estimate of drug-likeness (QED) is 0.281. The van der Waals surface area contributed by atoms with Crippen LogP contribution >= 0.6 is 11.3 Å². The highest BCUT2D eigenvalue weighted by atomic mass is 32.1. The van der Waals surface area contributed by atoms with Gasteiger partial charge in [-0.15, -0.1) is 0 Å². The average molecular weight is 585 g/mol. The first-order chi connectivity index (χ1) is 20.2. The molecule has 0 saturated carbocycles. The Hall–Kier alpha value is -4.63. The molecule has 42 heavy (non-hydrogen) atoms. The molecule has 4 aromatic rings. The van der Waals surface area contributed by atoms with Crippen LogP contribution in [0.3, 0.4) is 0 Å². The van der Waals surface area contributed by atoms with Gasteiger partial charge < -0.3 is 18.9 Å². The lowest BCUT2D eigenvalue weighted by Crippen LogP contribution is -2.39. The van der Waals surface area contributed by atoms with Crippen LogP contribution in [0.1, 0.15) is 40.8 Å². The van der Waals surface area contributed by atoms with Gasteiger partial charge >= 0.3 is 5.97 Å². The summed E-state index contributed by atoms with van der Waals surface area (Å²) in [4.78, 5) is 31.9. The zero-order valence-electron chi connectivity index (χ0n) is 24.4. The lowest BCUT2D eigenvalue weighted by Gasteiger charge is -2.24. The van der Waals surface area contributed by atoms with Crippen molar-refractivity contribution in [3.05, 3.63) is 119 Å². The van der Waals surface area contributed by atoms with Gasteiger partial charge in [-0.05, 0) is 79.4 Å². The van der Waals surface area contributed by atoms with Crippen molar-refractivity contribution >= 4 is 23.4 Å². The number of esters is 1. The van der Waals surface area contributed by atoms with Crippen LogP contribution < -0.4 is 29.1 Å². The van der Waals surface area contributed by atoms with Crippen molar-refractivity contribution < 1.29 is 23.7 Å². The Labute approximate surface area is 247 Å². The number of hydrogen-bond donors (Lipinski definition) is 0. The van der Waals surface area contributed by atoms with Crippen molar-refractivity contribution in [1.29, 1.82) is 0 Å². The fourth-order valence-electron chi connectivity index (χ4n) is 4.98. The molecule has 0 spiro atoms. The Morgan fingerprint density at radius 1 is 0.976 bits per heavy atom. The summed E-state index contributed by atoms with van der Waals surface area (Å²) in [5, 5.41) is 0. The summed E-state index contributed by atoms with van der Waals surface area (Å²) in [6.07, 6.45) is 1.83. The third kappa shape index (κ3) is 5.47. The summed E-state index contributed by atoms with van der Waals surface area (Å²) < 4.78 is 24.2. The minimum atomic E-state index is -0.695. The van der Waals surface area contributed by atoms with E-state index < -0.39 is 12.0 Å². The lowest BCUT2D eigenvalue weighted by molar-refractivity contribution is -0.136. The molecule has 216 valence electrons. The number of hydrogen-bond acceptors (Lipinski definition) is 8. The van der Waals surface area contributed by atoms with Crippen LogP contribution in [0.5, 0.6) is 17.2 Å². The van der Waals surface area contributed by atoms with Gasteiger partial charge in [-0.2, -0.15) is 0 Å². The molecule has 0 fully saturated rings. The third-order valence-electron chi connectivity index (χ3n) is 7.40. The second-order valence-corrected chi connectivity index (χ2v) is 10.9. The fourth-order valence-corrected chi connectivity index (χ4v) is 6.03. The van der Waals surface area contributed by atoms with E-state index in [2.05, 4.69) is 4.99 Å². The Morgan fingerprint density at radius 3 is 2.43 bits per heavy atom. The van der Waals surface area contributed by atoms with Crippen LogP contribution in [0.25, 0.3) is 6.08 Å². The monoisotopic (exact) mass is 584 g/mol. The number of rotatable bonds is 8. The summed E-state index contributed by atoms with van der Waals surface area (Å²) in [5.74, 6) is 1.64. The smallest absolute Gasteiger partial charge is 0.338 e. The molecule has 3 aromatic carbocycles. The van der Waals surface area contributed by atoms with Crippen LogP contribution in [-0.2, 0) is 16.1 Å². The maximum Gasteiger partial charge on any atom is 0.338 e. The fraction of sp³-hybridized carbons (Fsp3) is 0.242. The number of ether oxygens (including phenoxy) is 4. The van der Waals surface area contributed by atoms with Crippen molar-refractivity contribution in [2.24, 2.45) is 4.99 Å². The number of aryl methyl sites for hydroxylation is 1. The molecule has 1 aliphatic rings. The molecule has 0 aliphatic carbocycles. The molecule has 1 unspecified atom stereocenters. The number of carbonyl (C=O) groups is 1. The molecule has 5 rings (SSSR count). The SMILES string of the molecule is COC(=O)C1=C(C)N=c2sc(=Cc3ccc(OC)c(COc4cccc(C)c4C)c3)c(=O)n2C1c1ccc(OC)cc1. The molecule has 8 nitrogen and oxygen atoms in total. The van der Waals surface area contributed by atoms with Gasteiger partial charge in [0.15, 0.2) is 4.80 Å². The first-order valence-corrected chi connectivity index (χ1v) is 14.2. The minimum Gasteiger partial charge on any atom is -0.497 e. The standard InChI is InChI=1S/C33H32N2O6S/c1-19-8-7-9-26(20(19)2)41-18-24-16-22(10-15-27(24)39-5)17-28-31(36)35-30(23-11-13-25(38-4)14-12-23)29(32(37)40-6)21(3)34-33(35)42-28/h7-17,30H,18H2,1-6H3. The molecule has 1 aliphatic heterocycles. The predicted octanol–water partition coefficient (Wildman–Crippen LogP) is 4.62. The molecular formula is C33H32N2O6S. The number of carbonyl (C=O) groups excluding carboxylic acids is 1. The van der Waals surface area contributed by atoms with Gasteiger partial charge in [0.2, 0.25) is 0 Å². The molecule has 0 N–H and O–H groups in total. The molecule has 1 atom stereocenters. The van der Waals surface area contributed by atoms with Gasteiger partial charge in [0.25, 0.3) is 5.56 Å². The Bertz CT molecular complexity index is 1870. The minimum absolute atomic E-state index is 0.252. The van der Waals surface area contributed by atoms with E-state index in [1.54, 1.807) is 37.8 Å². The van der Waals surface area contributed by atoms with E-state index in [0.717, 1.165) is 33.6 Å². The van der Waals surface area contributed by atoms with Crippen LogP contribution in [0, 0.1) is 13.8 Å². The normalized spacial score (nSPS) is 14.7. The van der Waals surface area contributed by atoms with Crippen LogP contribution in [-0.4, -0.2) is 31.9 Å². The van der Waals surface area contributed by atoms with Gasteiger partial charge in [-0.25, -0.2) is 9.79 Å². The molecular weight excluding hydrogens is 552 g/mol. The van der Waals surface area contributed by atoms with E-state index in [1.807, 2.05) is 68.5 Å². The van der Waals surface area contributed by atoms with E-state index in [0.29, 0.717) is 38.7 Å². The molecule has 0 bridgehead atoms.